The zero-order valence-electron chi connectivity index (χ0n) is 22.0. The topological polar surface area (TPSA) is 68.5 Å². The Morgan fingerprint density at radius 1 is 0.974 bits per heavy atom. The van der Waals surface area contributed by atoms with Crippen molar-refractivity contribution in [1.82, 2.24) is 14.6 Å². The van der Waals surface area contributed by atoms with Gasteiger partial charge in [-0.2, -0.15) is 5.10 Å². The van der Waals surface area contributed by atoms with Crippen molar-refractivity contribution >= 4 is 17.3 Å². The molecule has 1 N–H and O–H groups in total. The minimum absolute atomic E-state index is 0.188. The van der Waals surface area contributed by atoms with Crippen molar-refractivity contribution in [3.8, 4) is 11.1 Å². The third-order valence-electron chi connectivity index (χ3n) is 6.97. The predicted octanol–water partition coefficient (Wildman–Crippen LogP) is 6.63. The first kappa shape index (κ1) is 25.2. The van der Waals surface area contributed by atoms with E-state index in [0.717, 1.165) is 28.1 Å². The van der Waals surface area contributed by atoms with Crippen molar-refractivity contribution in [3.05, 3.63) is 120 Å². The van der Waals surface area contributed by atoms with Gasteiger partial charge in [-0.1, -0.05) is 72.8 Å². The molecule has 192 valence electrons. The van der Waals surface area contributed by atoms with Crippen molar-refractivity contribution in [3.63, 3.8) is 0 Å². The minimum Gasteiger partial charge on any atom is -0.465 e. The van der Waals surface area contributed by atoms with Crippen LogP contribution in [0.1, 0.15) is 43.6 Å². The van der Waals surface area contributed by atoms with E-state index in [1.165, 1.54) is 5.56 Å². The van der Waals surface area contributed by atoms with E-state index < -0.39 is 5.41 Å². The van der Waals surface area contributed by atoms with Gasteiger partial charge in [0.2, 0.25) is 0 Å². The Morgan fingerprint density at radius 2 is 1.66 bits per heavy atom. The molecule has 0 amide bonds. The number of fused-ring (bicyclic) bond motifs is 1. The average molecular weight is 505 g/mol. The van der Waals surface area contributed by atoms with Gasteiger partial charge in [0.15, 0.2) is 5.65 Å². The summed E-state index contributed by atoms with van der Waals surface area (Å²) < 4.78 is 7.32. The van der Waals surface area contributed by atoms with Crippen LogP contribution in [0.4, 0.5) is 5.69 Å². The lowest BCUT2D eigenvalue weighted by Gasteiger charge is -2.28. The van der Waals surface area contributed by atoms with E-state index in [-0.39, 0.29) is 12.0 Å². The molecule has 6 nitrogen and oxygen atoms in total. The summed E-state index contributed by atoms with van der Waals surface area (Å²) in [4.78, 5) is 18.0. The molecular weight excluding hydrogens is 472 g/mol. The molecule has 0 aliphatic rings. The van der Waals surface area contributed by atoms with Crippen LogP contribution in [0.15, 0.2) is 103 Å². The molecule has 6 heteroatoms. The summed E-state index contributed by atoms with van der Waals surface area (Å²) in [6.07, 6.45) is 4.05. The largest absolute Gasteiger partial charge is 0.465 e. The number of ether oxygens (including phenoxy) is 1. The number of carbonyl (C=O) groups is 1. The maximum atomic E-state index is 13.3. The van der Waals surface area contributed by atoms with Crippen LogP contribution in [0.2, 0.25) is 0 Å². The van der Waals surface area contributed by atoms with Crippen LogP contribution < -0.4 is 5.32 Å². The monoisotopic (exact) mass is 504 g/mol. The zero-order valence-corrected chi connectivity index (χ0v) is 22.0. The van der Waals surface area contributed by atoms with Gasteiger partial charge in [-0.15, -0.1) is 0 Å². The Bertz CT molecular complexity index is 1510. The summed E-state index contributed by atoms with van der Waals surface area (Å²) in [6.45, 7) is 6.21. The number of carbonyl (C=O) groups excluding carboxylic acids is 1. The summed E-state index contributed by atoms with van der Waals surface area (Å²) in [5, 5.41) is 8.24. The number of benzene rings is 3. The van der Waals surface area contributed by atoms with E-state index in [1.807, 2.05) is 62.5 Å². The second-order valence-electron chi connectivity index (χ2n) is 9.69. The fourth-order valence-electron chi connectivity index (χ4n) is 4.90. The lowest BCUT2D eigenvalue weighted by Crippen LogP contribution is -2.38. The molecule has 2 unspecified atom stereocenters. The molecule has 0 aliphatic carbocycles. The molecule has 0 bridgehead atoms. The number of rotatable bonds is 9. The van der Waals surface area contributed by atoms with Crippen molar-refractivity contribution in [2.24, 2.45) is 0 Å². The summed E-state index contributed by atoms with van der Waals surface area (Å²) >= 11 is 0. The molecule has 0 saturated heterocycles. The Hall–Kier alpha value is -4.45. The standard InChI is InChI=1S/C32H32N4O2/c1-4-38-31(37)32(3,21-24-11-7-5-8-12-24)29-19-20-33-30-28(22-34-36(29)30)26-15-17-27(18-16-26)35-23(2)25-13-9-6-10-14-25/h5-20,22-23,35H,4,21H2,1-3H3. The normalized spacial score (nSPS) is 13.6. The molecule has 2 aromatic heterocycles. The highest BCUT2D eigenvalue weighted by atomic mass is 16.5. The molecule has 2 heterocycles. The molecule has 0 saturated carbocycles. The summed E-state index contributed by atoms with van der Waals surface area (Å²) in [5.74, 6) is -0.281. The summed E-state index contributed by atoms with van der Waals surface area (Å²) in [7, 11) is 0. The van der Waals surface area contributed by atoms with Crippen LogP contribution in [0.3, 0.4) is 0 Å². The fraction of sp³-hybridized carbons (Fsp3) is 0.219. The average Bonchev–Trinajstić information content (AvgIpc) is 3.39. The number of hydrogen-bond donors (Lipinski definition) is 1. The van der Waals surface area contributed by atoms with Crippen molar-refractivity contribution < 1.29 is 9.53 Å². The van der Waals surface area contributed by atoms with E-state index >= 15 is 0 Å². The van der Waals surface area contributed by atoms with Crippen molar-refractivity contribution in [1.29, 1.82) is 0 Å². The first-order valence-electron chi connectivity index (χ1n) is 13.0. The third-order valence-corrected chi connectivity index (χ3v) is 6.97. The highest BCUT2D eigenvalue weighted by Crippen LogP contribution is 2.33. The predicted molar refractivity (Wildman–Crippen MR) is 151 cm³/mol. The number of aromatic nitrogens is 3. The summed E-state index contributed by atoms with van der Waals surface area (Å²) in [5.41, 5.74) is 5.72. The van der Waals surface area contributed by atoms with Gasteiger partial charge in [0, 0.05) is 23.5 Å². The SMILES string of the molecule is CCOC(=O)C(C)(Cc1ccccc1)c1ccnc2c(-c3ccc(NC(C)c4ccccc4)cc3)cnn12. The molecule has 5 aromatic rings. The first-order valence-corrected chi connectivity index (χ1v) is 13.0. The lowest BCUT2D eigenvalue weighted by atomic mass is 9.80. The van der Waals surface area contributed by atoms with Crippen molar-refractivity contribution in [2.75, 3.05) is 11.9 Å². The number of hydrogen-bond acceptors (Lipinski definition) is 5. The second kappa shape index (κ2) is 10.9. The Kier molecular flexibility index (Phi) is 7.22. The first-order chi connectivity index (χ1) is 18.5. The van der Waals surface area contributed by atoms with Gasteiger partial charge >= 0.3 is 5.97 Å². The second-order valence-corrected chi connectivity index (χ2v) is 9.69. The smallest absolute Gasteiger partial charge is 0.318 e. The van der Waals surface area contributed by atoms with E-state index in [1.54, 1.807) is 10.7 Å². The number of anilines is 1. The maximum Gasteiger partial charge on any atom is 0.318 e. The third kappa shape index (κ3) is 5.02. The zero-order chi connectivity index (χ0) is 26.5. The van der Waals surface area contributed by atoms with Crippen molar-refractivity contribution in [2.45, 2.75) is 38.6 Å². The maximum absolute atomic E-state index is 13.3. The lowest BCUT2D eigenvalue weighted by molar-refractivity contribution is -0.149. The van der Waals surface area contributed by atoms with Crippen LogP contribution in [-0.2, 0) is 21.4 Å². The molecule has 2 atom stereocenters. The Labute approximate surface area is 223 Å². The Balaban J connectivity index is 1.47. The molecule has 0 spiro atoms. The van der Waals surface area contributed by atoms with E-state index in [9.17, 15) is 4.79 Å². The van der Waals surface area contributed by atoms with E-state index in [4.69, 9.17) is 4.74 Å². The van der Waals surface area contributed by atoms with Gasteiger partial charge in [-0.3, -0.25) is 4.79 Å². The van der Waals surface area contributed by atoms with E-state index in [2.05, 4.69) is 70.9 Å². The quantitative estimate of drug-likeness (QED) is 0.228. The Morgan fingerprint density at radius 3 is 2.34 bits per heavy atom. The molecule has 38 heavy (non-hydrogen) atoms. The molecule has 0 aliphatic heterocycles. The van der Waals surface area contributed by atoms with Crippen LogP contribution >= 0.6 is 0 Å². The minimum atomic E-state index is -0.941. The van der Waals surface area contributed by atoms with Crippen LogP contribution in [-0.4, -0.2) is 27.2 Å². The van der Waals surface area contributed by atoms with E-state index in [0.29, 0.717) is 18.7 Å². The number of esters is 1. The molecule has 0 radical (unpaired) electrons. The molecule has 0 fully saturated rings. The van der Waals surface area contributed by atoms with Crippen LogP contribution in [0.5, 0.6) is 0 Å². The van der Waals surface area contributed by atoms with Gasteiger partial charge < -0.3 is 10.1 Å². The van der Waals surface area contributed by atoms with Crippen LogP contribution in [0.25, 0.3) is 16.8 Å². The van der Waals surface area contributed by atoms with Gasteiger partial charge in [-0.25, -0.2) is 9.50 Å². The molecular formula is C32H32N4O2. The molecule has 3 aromatic carbocycles. The van der Waals surface area contributed by atoms with Crippen LogP contribution in [0, 0.1) is 0 Å². The molecule has 5 rings (SSSR count). The van der Waals surface area contributed by atoms with Gasteiger partial charge in [-0.05, 0) is 62.1 Å². The highest BCUT2D eigenvalue weighted by Gasteiger charge is 2.39. The highest BCUT2D eigenvalue weighted by molar-refractivity contribution is 5.84. The number of nitrogens with one attached hydrogen (secondary N) is 1. The fourth-order valence-corrected chi connectivity index (χ4v) is 4.90. The summed E-state index contributed by atoms with van der Waals surface area (Å²) in [6, 6.07) is 30.7. The van der Waals surface area contributed by atoms with Gasteiger partial charge in [0.1, 0.15) is 5.41 Å². The number of nitrogens with zero attached hydrogens (tertiary/aromatic N) is 3. The van der Waals surface area contributed by atoms with Gasteiger partial charge in [0.05, 0.1) is 18.5 Å². The van der Waals surface area contributed by atoms with Gasteiger partial charge in [0.25, 0.3) is 0 Å².